The lowest BCUT2D eigenvalue weighted by molar-refractivity contribution is 0.616. The molecule has 0 saturated carbocycles. The van der Waals surface area contributed by atoms with Crippen LogP contribution in [0.25, 0.3) is 0 Å². The minimum atomic E-state index is 0.218. The minimum Gasteiger partial charge on any atom is -0.327 e. The molecule has 1 aromatic heterocycles. The zero-order valence-corrected chi connectivity index (χ0v) is 8.94. The maximum atomic E-state index is 5.86. The molecule has 0 saturated heterocycles. The van der Waals surface area contributed by atoms with Gasteiger partial charge < -0.3 is 5.73 Å². The highest BCUT2D eigenvalue weighted by Crippen LogP contribution is 2.16. The zero-order chi connectivity index (χ0) is 8.97. The Bertz CT molecular complexity index is 208. The van der Waals surface area contributed by atoms with Gasteiger partial charge in [-0.25, -0.2) is 0 Å². The van der Waals surface area contributed by atoms with Crippen molar-refractivity contribution in [3.63, 3.8) is 0 Å². The van der Waals surface area contributed by atoms with E-state index in [4.69, 9.17) is 5.73 Å². The van der Waals surface area contributed by atoms with Gasteiger partial charge in [-0.15, -0.1) is 11.3 Å². The fourth-order valence-corrected chi connectivity index (χ4v) is 2.35. The number of hydrogen-bond donors (Lipinski definition) is 2. The first-order chi connectivity index (χ1) is 5.74. The molecule has 0 aliphatic heterocycles. The van der Waals surface area contributed by atoms with Crippen LogP contribution in [0.4, 0.5) is 0 Å². The maximum Gasteiger partial charge on any atom is 0.0216 e. The predicted molar refractivity (Wildman–Crippen MR) is 59.1 cm³/mol. The molecule has 0 aromatic carbocycles. The van der Waals surface area contributed by atoms with Crippen LogP contribution in [0.15, 0.2) is 17.5 Å². The predicted octanol–water partition coefficient (Wildman–Crippen LogP) is 2.33. The molecule has 2 N–H and O–H groups in total. The largest absolute Gasteiger partial charge is 0.327 e. The SMILES string of the molecule is CCC(N)C(S)Cc1cccs1. The van der Waals surface area contributed by atoms with Crippen molar-refractivity contribution in [2.45, 2.75) is 31.1 Å². The van der Waals surface area contributed by atoms with Gasteiger partial charge in [-0.1, -0.05) is 13.0 Å². The van der Waals surface area contributed by atoms with Gasteiger partial charge in [0, 0.05) is 16.2 Å². The Balaban J connectivity index is 2.41. The highest BCUT2D eigenvalue weighted by atomic mass is 32.1. The van der Waals surface area contributed by atoms with Crippen LogP contribution < -0.4 is 5.73 Å². The van der Waals surface area contributed by atoms with Gasteiger partial charge in [-0.2, -0.15) is 12.6 Å². The molecule has 0 bridgehead atoms. The van der Waals surface area contributed by atoms with Gasteiger partial charge in [0.2, 0.25) is 0 Å². The van der Waals surface area contributed by atoms with Crippen molar-refractivity contribution in [2.75, 3.05) is 0 Å². The van der Waals surface area contributed by atoms with E-state index in [1.807, 2.05) is 0 Å². The first-order valence-electron chi connectivity index (χ1n) is 4.20. The Kier molecular flexibility index (Phi) is 4.12. The van der Waals surface area contributed by atoms with Gasteiger partial charge in [0.25, 0.3) is 0 Å². The normalized spacial score (nSPS) is 15.9. The van der Waals surface area contributed by atoms with Crippen LogP contribution in [0.2, 0.25) is 0 Å². The summed E-state index contributed by atoms with van der Waals surface area (Å²) in [5, 5.41) is 2.39. The Morgan fingerprint density at radius 3 is 2.92 bits per heavy atom. The molecule has 3 heteroatoms. The van der Waals surface area contributed by atoms with Gasteiger partial charge in [-0.05, 0) is 24.3 Å². The van der Waals surface area contributed by atoms with Crippen molar-refractivity contribution in [1.29, 1.82) is 0 Å². The van der Waals surface area contributed by atoms with Crippen molar-refractivity contribution in [3.05, 3.63) is 22.4 Å². The Morgan fingerprint density at radius 1 is 1.67 bits per heavy atom. The second-order valence-electron chi connectivity index (χ2n) is 2.92. The van der Waals surface area contributed by atoms with Crippen molar-refractivity contribution >= 4 is 24.0 Å². The summed E-state index contributed by atoms with van der Waals surface area (Å²) in [7, 11) is 0. The van der Waals surface area contributed by atoms with Gasteiger partial charge in [0.1, 0.15) is 0 Å². The quantitative estimate of drug-likeness (QED) is 0.718. The lowest BCUT2D eigenvalue weighted by Crippen LogP contribution is -2.31. The molecule has 1 heterocycles. The highest BCUT2D eigenvalue weighted by molar-refractivity contribution is 7.81. The van der Waals surface area contributed by atoms with Crippen LogP contribution in [0.5, 0.6) is 0 Å². The van der Waals surface area contributed by atoms with E-state index in [1.54, 1.807) is 11.3 Å². The summed E-state index contributed by atoms with van der Waals surface area (Å²) in [6.07, 6.45) is 2.00. The first kappa shape index (κ1) is 10.1. The summed E-state index contributed by atoms with van der Waals surface area (Å²) in [6.45, 7) is 2.10. The lowest BCUT2D eigenvalue weighted by atomic mass is 10.1. The summed E-state index contributed by atoms with van der Waals surface area (Å²) in [5.74, 6) is 0. The topological polar surface area (TPSA) is 26.0 Å². The molecule has 0 aliphatic rings. The van der Waals surface area contributed by atoms with Crippen LogP contribution in [0.1, 0.15) is 18.2 Å². The van der Waals surface area contributed by atoms with E-state index in [2.05, 4.69) is 37.1 Å². The van der Waals surface area contributed by atoms with E-state index in [9.17, 15) is 0 Å². The van der Waals surface area contributed by atoms with E-state index in [0.717, 1.165) is 12.8 Å². The number of thiophene rings is 1. The first-order valence-corrected chi connectivity index (χ1v) is 5.59. The average molecular weight is 201 g/mol. The van der Waals surface area contributed by atoms with Crippen molar-refractivity contribution in [3.8, 4) is 0 Å². The fourth-order valence-electron chi connectivity index (χ4n) is 1.06. The van der Waals surface area contributed by atoms with Crippen LogP contribution >= 0.6 is 24.0 Å². The number of thiol groups is 1. The van der Waals surface area contributed by atoms with E-state index in [1.165, 1.54) is 4.88 Å². The summed E-state index contributed by atoms with van der Waals surface area (Å²) < 4.78 is 0. The van der Waals surface area contributed by atoms with Crippen LogP contribution in [-0.2, 0) is 6.42 Å². The molecule has 1 aromatic rings. The highest BCUT2D eigenvalue weighted by Gasteiger charge is 2.12. The fraction of sp³-hybridized carbons (Fsp3) is 0.556. The third kappa shape index (κ3) is 2.81. The molecule has 1 nitrogen and oxygen atoms in total. The molecule has 68 valence electrons. The van der Waals surface area contributed by atoms with E-state index in [0.29, 0.717) is 5.25 Å². The molecule has 0 radical (unpaired) electrons. The molecule has 0 fully saturated rings. The standard InChI is InChI=1S/C9H15NS2/c1-2-8(10)9(11)6-7-4-3-5-12-7/h3-5,8-9,11H,2,6,10H2,1H3. The van der Waals surface area contributed by atoms with Gasteiger partial charge >= 0.3 is 0 Å². The van der Waals surface area contributed by atoms with Crippen molar-refractivity contribution in [2.24, 2.45) is 5.73 Å². The number of nitrogens with two attached hydrogens (primary N) is 1. The van der Waals surface area contributed by atoms with Crippen LogP contribution in [-0.4, -0.2) is 11.3 Å². The Morgan fingerprint density at radius 2 is 2.42 bits per heavy atom. The molecular weight excluding hydrogens is 186 g/mol. The van der Waals surface area contributed by atoms with Crippen molar-refractivity contribution in [1.82, 2.24) is 0 Å². The summed E-state index contributed by atoms with van der Waals surface area (Å²) in [5.41, 5.74) is 5.86. The van der Waals surface area contributed by atoms with E-state index >= 15 is 0 Å². The molecule has 2 unspecified atom stereocenters. The molecule has 12 heavy (non-hydrogen) atoms. The number of rotatable bonds is 4. The van der Waals surface area contributed by atoms with Crippen LogP contribution in [0.3, 0.4) is 0 Å². The zero-order valence-electron chi connectivity index (χ0n) is 7.23. The second kappa shape index (κ2) is 4.90. The molecule has 0 amide bonds. The third-order valence-electron chi connectivity index (χ3n) is 1.96. The van der Waals surface area contributed by atoms with Gasteiger partial charge in [0.05, 0.1) is 0 Å². The molecule has 0 aliphatic carbocycles. The minimum absolute atomic E-state index is 0.218. The number of hydrogen-bond acceptors (Lipinski definition) is 3. The molecule has 2 atom stereocenters. The lowest BCUT2D eigenvalue weighted by Gasteiger charge is -2.16. The molecule has 1 rings (SSSR count). The third-order valence-corrected chi connectivity index (χ3v) is 3.42. The van der Waals surface area contributed by atoms with Gasteiger partial charge in [-0.3, -0.25) is 0 Å². The monoisotopic (exact) mass is 201 g/mol. The molecule has 0 spiro atoms. The summed E-state index contributed by atoms with van der Waals surface area (Å²) in [4.78, 5) is 1.37. The Hall–Kier alpha value is 0.01000. The molecular formula is C9H15NS2. The van der Waals surface area contributed by atoms with Gasteiger partial charge in [0.15, 0.2) is 0 Å². The van der Waals surface area contributed by atoms with Crippen molar-refractivity contribution < 1.29 is 0 Å². The van der Waals surface area contributed by atoms with E-state index in [-0.39, 0.29) is 6.04 Å². The average Bonchev–Trinajstić information content (AvgIpc) is 2.55. The smallest absolute Gasteiger partial charge is 0.0216 e. The van der Waals surface area contributed by atoms with E-state index < -0.39 is 0 Å². The second-order valence-corrected chi connectivity index (χ2v) is 4.62. The Labute approximate surface area is 83.4 Å². The maximum absolute atomic E-state index is 5.86. The van der Waals surface area contributed by atoms with Crippen LogP contribution in [0, 0.1) is 0 Å². The summed E-state index contributed by atoms with van der Waals surface area (Å²) >= 11 is 6.25. The summed E-state index contributed by atoms with van der Waals surface area (Å²) in [6, 6.07) is 4.42.